The van der Waals surface area contributed by atoms with Gasteiger partial charge >= 0.3 is 0 Å². The Balaban J connectivity index is 1.87. The van der Waals surface area contributed by atoms with Crippen molar-refractivity contribution in [2.75, 3.05) is 19.3 Å². The SMILES string of the molecule is CC(NC1CCCC(S(C)(=O)=O)C1)C(=O)N1CCCC1. The zero-order valence-electron chi connectivity index (χ0n) is 12.5. The summed E-state index contributed by atoms with van der Waals surface area (Å²) < 4.78 is 23.3. The lowest BCUT2D eigenvalue weighted by atomic mass is 9.94. The Hall–Kier alpha value is -0.620. The van der Waals surface area contributed by atoms with Crippen LogP contribution < -0.4 is 5.32 Å². The highest BCUT2D eigenvalue weighted by Crippen LogP contribution is 2.24. The van der Waals surface area contributed by atoms with Crippen molar-refractivity contribution in [3.8, 4) is 0 Å². The van der Waals surface area contributed by atoms with Gasteiger partial charge < -0.3 is 10.2 Å². The zero-order valence-corrected chi connectivity index (χ0v) is 13.3. The van der Waals surface area contributed by atoms with Gasteiger partial charge in [-0.2, -0.15) is 0 Å². The van der Waals surface area contributed by atoms with Gasteiger partial charge in [-0.25, -0.2) is 8.42 Å². The second-order valence-electron chi connectivity index (χ2n) is 6.24. The molecule has 0 bridgehead atoms. The van der Waals surface area contributed by atoms with Gasteiger partial charge in [-0.05, 0) is 39.0 Å². The molecule has 20 heavy (non-hydrogen) atoms. The zero-order chi connectivity index (χ0) is 14.8. The summed E-state index contributed by atoms with van der Waals surface area (Å²) in [7, 11) is -2.97. The van der Waals surface area contributed by atoms with Crippen molar-refractivity contribution in [3.63, 3.8) is 0 Å². The van der Waals surface area contributed by atoms with Gasteiger partial charge in [0.25, 0.3) is 0 Å². The first-order valence-corrected chi connectivity index (χ1v) is 9.57. The Bertz CT molecular complexity index is 443. The molecule has 1 saturated carbocycles. The molecule has 1 saturated heterocycles. The standard InChI is InChI=1S/C14H26N2O3S/c1-11(14(17)16-8-3-4-9-16)15-12-6-5-7-13(10-12)20(2,18)19/h11-13,15H,3-10H2,1-2H3. The van der Waals surface area contributed by atoms with Crippen LogP contribution in [0.4, 0.5) is 0 Å². The average molecular weight is 302 g/mol. The van der Waals surface area contributed by atoms with Crippen LogP contribution in [-0.4, -0.2) is 55.9 Å². The number of amides is 1. The molecule has 1 aliphatic heterocycles. The molecule has 0 aromatic heterocycles. The summed E-state index contributed by atoms with van der Waals surface area (Å²) in [6.45, 7) is 3.62. The van der Waals surface area contributed by atoms with Crippen molar-refractivity contribution in [2.24, 2.45) is 0 Å². The van der Waals surface area contributed by atoms with Crippen LogP contribution in [0.25, 0.3) is 0 Å². The molecule has 1 aliphatic carbocycles. The van der Waals surface area contributed by atoms with Crippen LogP contribution in [0.5, 0.6) is 0 Å². The number of hydrogen-bond acceptors (Lipinski definition) is 4. The van der Waals surface area contributed by atoms with Crippen LogP contribution in [0.2, 0.25) is 0 Å². The molecule has 1 heterocycles. The fourth-order valence-corrected chi connectivity index (χ4v) is 4.50. The first-order valence-electron chi connectivity index (χ1n) is 7.61. The average Bonchev–Trinajstić information content (AvgIpc) is 2.91. The topological polar surface area (TPSA) is 66.5 Å². The predicted octanol–water partition coefficient (Wildman–Crippen LogP) is 0.943. The number of nitrogens with zero attached hydrogens (tertiary/aromatic N) is 1. The number of rotatable bonds is 4. The Kier molecular flexibility index (Phi) is 5.07. The molecular formula is C14H26N2O3S. The molecular weight excluding hydrogens is 276 g/mol. The van der Waals surface area contributed by atoms with E-state index in [1.54, 1.807) is 0 Å². The number of carbonyl (C=O) groups excluding carboxylic acids is 1. The molecule has 2 aliphatic rings. The quantitative estimate of drug-likeness (QED) is 0.839. The normalized spacial score (nSPS) is 29.4. The molecule has 0 aromatic carbocycles. The number of carbonyl (C=O) groups is 1. The van der Waals surface area contributed by atoms with E-state index in [-0.39, 0.29) is 23.2 Å². The molecule has 1 amide bonds. The number of hydrogen-bond donors (Lipinski definition) is 1. The summed E-state index contributed by atoms with van der Waals surface area (Å²) in [4.78, 5) is 14.2. The lowest BCUT2D eigenvalue weighted by molar-refractivity contribution is -0.132. The van der Waals surface area contributed by atoms with Gasteiger partial charge in [0, 0.05) is 25.4 Å². The van der Waals surface area contributed by atoms with E-state index < -0.39 is 9.84 Å². The summed E-state index contributed by atoms with van der Waals surface area (Å²) in [6.07, 6.45) is 6.78. The molecule has 0 radical (unpaired) electrons. The van der Waals surface area contributed by atoms with Crippen molar-refractivity contribution in [2.45, 2.75) is 62.8 Å². The van der Waals surface area contributed by atoms with Gasteiger partial charge in [-0.3, -0.25) is 4.79 Å². The third-order valence-electron chi connectivity index (χ3n) is 4.51. The lowest BCUT2D eigenvalue weighted by Gasteiger charge is -2.31. The molecule has 0 aromatic rings. The highest BCUT2D eigenvalue weighted by molar-refractivity contribution is 7.91. The minimum atomic E-state index is -2.97. The Morgan fingerprint density at radius 1 is 1.20 bits per heavy atom. The maximum absolute atomic E-state index is 12.2. The largest absolute Gasteiger partial charge is 0.341 e. The molecule has 0 spiro atoms. The van der Waals surface area contributed by atoms with E-state index >= 15 is 0 Å². The molecule has 5 nitrogen and oxygen atoms in total. The first kappa shape index (κ1) is 15.8. The van der Waals surface area contributed by atoms with Gasteiger partial charge in [0.05, 0.1) is 11.3 Å². The second kappa shape index (κ2) is 6.43. The number of nitrogens with one attached hydrogen (secondary N) is 1. The monoisotopic (exact) mass is 302 g/mol. The van der Waals surface area contributed by atoms with Crippen LogP contribution in [0, 0.1) is 0 Å². The lowest BCUT2D eigenvalue weighted by Crippen LogP contribution is -2.49. The third kappa shape index (κ3) is 3.95. The highest BCUT2D eigenvalue weighted by atomic mass is 32.2. The van der Waals surface area contributed by atoms with E-state index in [1.165, 1.54) is 6.26 Å². The first-order chi connectivity index (χ1) is 9.38. The van der Waals surface area contributed by atoms with Gasteiger partial charge in [-0.15, -0.1) is 0 Å². The molecule has 116 valence electrons. The summed E-state index contributed by atoms with van der Waals surface area (Å²) in [5, 5.41) is 3.09. The maximum Gasteiger partial charge on any atom is 0.239 e. The van der Waals surface area contributed by atoms with E-state index in [2.05, 4.69) is 5.32 Å². The molecule has 1 N–H and O–H groups in total. The van der Waals surface area contributed by atoms with E-state index in [9.17, 15) is 13.2 Å². The van der Waals surface area contributed by atoms with Crippen LogP contribution in [0.15, 0.2) is 0 Å². The Morgan fingerprint density at radius 3 is 2.45 bits per heavy atom. The van der Waals surface area contributed by atoms with Crippen molar-refractivity contribution in [1.29, 1.82) is 0 Å². The minimum absolute atomic E-state index is 0.144. The van der Waals surface area contributed by atoms with Crippen molar-refractivity contribution in [1.82, 2.24) is 10.2 Å². The van der Waals surface area contributed by atoms with Gasteiger partial charge in [0.15, 0.2) is 0 Å². The summed E-state index contributed by atoms with van der Waals surface area (Å²) in [5.74, 6) is 0.156. The Labute approximate surface area is 122 Å². The fraction of sp³-hybridized carbons (Fsp3) is 0.929. The van der Waals surface area contributed by atoms with E-state index in [0.717, 1.165) is 45.2 Å². The minimum Gasteiger partial charge on any atom is -0.341 e. The fourth-order valence-electron chi connectivity index (χ4n) is 3.32. The van der Waals surface area contributed by atoms with E-state index in [0.29, 0.717) is 6.42 Å². The van der Waals surface area contributed by atoms with Gasteiger partial charge in [0.2, 0.25) is 5.91 Å². The molecule has 3 atom stereocenters. The summed E-state index contributed by atoms with van der Waals surface area (Å²) in [5.41, 5.74) is 0. The second-order valence-corrected chi connectivity index (χ2v) is 8.56. The van der Waals surface area contributed by atoms with E-state index in [4.69, 9.17) is 0 Å². The van der Waals surface area contributed by atoms with Crippen LogP contribution in [0.1, 0.15) is 45.4 Å². The number of likely N-dealkylation sites (tertiary alicyclic amines) is 1. The highest BCUT2D eigenvalue weighted by Gasteiger charge is 2.31. The predicted molar refractivity (Wildman–Crippen MR) is 79.3 cm³/mol. The molecule has 2 fully saturated rings. The van der Waals surface area contributed by atoms with Crippen molar-refractivity contribution in [3.05, 3.63) is 0 Å². The molecule has 2 rings (SSSR count). The molecule has 3 unspecified atom stereocenters. The smallest absolute Gasteiger partial charge is 0.239 e. The maximum atomic E-state index is 12.2. The third-order valence-corrected chi connectivity index (χ3v) is 6.14. The summed E-state index contributed by atoms with van der Waals surface area (Å²) in [6, 6.07) is -0.0681. The van der Waals surface area contributed by atoms with Gasteiger partial charge in [0.1, 0.15) is 9.84 Å². The van der Waals surface area contributed by atoms with Crippen molar-refractivity contribution >= 4 is 15.7 Å². The number of sulfone groups is 1. The van der Waals surface area contributed by atoms with Crippen LogP contribution in [-0.2, 0) is 14.6 Å². The van der Waals surface area contributed by atoms with Crippen LogP contribution >= 0.6 is 0 Å². The van der Waals surface area contributed by atoms with Gasteiger partial charge in [-0.1, -0.05) is 6.42 Å². The molecule has 6 heteroatoms. The van der Waals surface area contributed by atoms with Crippen molar-refractivity contribution < 1.29 is 13.2 Å². The summed E-state index contributed by atoms with van der Waals surface area (Å²) >= 11 is 0. The Morgan fingerprint density at radius 2 is 1.85 bits per heavy atom. The van der Waals surface area contributed by atoms with E-state index in [1.807, 2.05) is 11.8 Å². The van der Waals surface area contributed by atoms with Crippen LogP contribution in [0.3, 0.4) is 0 Å².